The van der Waals surface area contributed by atoms with E-state index in [4.69, 9.17) is 32.7 Å². The number of esters is 1. The van der Waals surface area contributed by atoms with E-state index in [0.717, 1.165) is 24.0 Å². The lowest BCUT2D eigenvalue weighted by molar-refractivity contribution is -0.323. The van der Waals surface area contributed by atoms with Crippen LogP contribution in [0.2, 0.25) is 10.0 Å². The molecule has 3 heterocycles. The average Bonchev–Trinajstić information content (AvgIpc) is 3.15. The largest absolute Gasteiger partial charge is 0.418 e. The fourth-order valence-corrected chi connectivity index (χ4v) is 6.44. The van der Waals surface area contributed by atoms with Crippen LogP contribution >= 0.6 is 23.2 Å². The molecule has 164 valence electrons. The van der Waals surface area contributed by atoms with Gasteiger partial charge in [0.2, 0.25) is 0 Å². The van der Waals surface area contributed by atoms with E-state index in [9.17, 15) is 4.79 Å². The zero-order valence-electron chi connectivity index (χ0n) is 18.0. The second-order valence-electron chi connectivity index (χ2n) is 9.36. The van der Waals surface area contributed by atoms with E-state index in [-0.39, 0.29) is 30.1 Å². The summed E-state index contributed by atoms with van der Waals surface area (Å²) in [7, 11) is 0. The molecule has 0 radical (unpaired) electrons. The highest BCUT2D eigenvalue weighted by Crippen LogP contribution is 2.65. The molecule has 6 atom stereocenters. The Labute approximate surface area is 193 Å². The number of piperidine rings is 1. The second-order valence-corrected chi connectivity index (χ2v) is 10.2. The van der Waals surface area contributed by atoms with Gasteiger partial charge in [-0.1, -0.05) is 61.3 Å². The Morgan fingerprint density at radius 3 is 2.52 bits per heavy atom. The molecule has 6 heteroatoms. The molecule has 0 saturated carbocycles. The van der Waals surface area contributed by atoms with Crippen LogP contribution in [0.25, 0.3) is 0 Å². The van der Waals surface area contributed by atoms with Crippen molar-refractivity contribution in [2.45, 2.75) is 70.1 Å². The predicted octanol–water partition coefficient (Wildman–Crippen LogP) is 6.33. The summed E-state index contributed by atoms with van der Waals surface area (Å²) in [4.78, 5) is 15.0. The van der Waals surface area contributed by atoms with Gasteiger partial charge in [-0.15, -0.1) is 0 Å². The number of carbonyl (C=O) groups is 1. The van der Waals surface area contributed by atoms with Crippen LogP contribution in [0.1, 0.15) is 63.1 Å². The van der Waals surface area contributed by atoms with Gasteiger partial charge in [-0.3, -0.25) is 4.79 Å². The topological polar surface area (TPSA) is 38.8 Å². The third-order valence-corrected chi connectivity index (χ3v) is 7.88. The van der Waals surface area contributed by atoms with Gasteiger partial charge in [0.05, 0.1) is 17.9 Å². The fraction of sp³-hybridized carbons (Fsp3) is 0.480. The van der Waals surface area contributed by atoms with Gasteiger partial charge < -0.3 is 9.47 Å². The highest BCUT2D eigenvalue weighted by molar-refractivity contribution is 6.30. The van der Waals surface area contributed by atoms with Crippen LogP contribution in [0.5, 0.6) is 0 Å². The maximum absolute atomic E-state index is 12.7. The molecule has 31 heavy (non-hydrogen) atoms. The van der Waals surface area contributed by atoms with Crippen molar-refractivity contribution in [3.63, 3.8) is 0 Å². The minimum atomic E-state index is -1.05. The third kappa shape index (κ3) is 3.14. The maximum atomic E-state index is 12.7. The number of hydrogen-bond acceptors (Lipinski definition) is 4. The monoisotopic (exact) mass is 459 g/mol. The Bertz CT molecular complexity index is 1010. The molecular formula is C25H27Cl2NO3. The van der Waals surface area contributed by atoms with E-state index < -0.39 is 11.3 Å². The molecule has 5 rings (SSSR count). The lowest BCUT2D eigenvalue weighted by atomic mass is 9.66. The molecule has 3 saturated heterocycles. The molecule has 4 nitrogen and oxygen atoms in total. The van der Waals surface area contributed by atoms with E-state index >= 15 is 0 Å². The third-order valence-electron chi connectivity index (χ3n) is 7.39. The minimum Gasteiger partial charge on any atom is -0.418 e. The van der Waals surface area contributed by atoms with Crippen LogP contribution in [0, 0.1) is 5.41 Å². The van der Waals surface area contributed by atoms with Crippen molar-refractivity contribution >= 4 is 29.2 Å². The van der Waals surface area contributed by atoms with Crippen molar-refractivity contribution in [2.24, 2.45) is 5.41 Å². The second kappa shape index (κ2) is 7.48. The minimum absolute atomic E-state index is 0.0374. The van der Waals surface area contributed by atoms with Gasteiger partial charge in [-0.2, -0.15) is 0 Å². The van der Waals surface area contributed by atoms with Gasteiger partial charge in [-0.25, -0.2) is 4.90 Å². The Balaban J connectivity index is 1.73. The molecule has 0 aromatic heterocycles. The standard InChI is InChI=1S/C25H27Cl2NO3/c1-4-21-15(2)30-25-24(3,14-22(29)31-25)13-20(17-6-5-7-19(27)12-17)23(28(21)25)16-8-10-18(26)11-9-16/h5-12,15,20-21,23H,4,13-14H2,1-3H3/t15-,20+,21-,23+,24+,25?/m0/s1. The number of ether oxygens (including phenoxy) is 2. The summed E-state index contributed by atoms with van der Waals surface area (Å²) in [6, 6.07) is 16.2. The number of hydrogen-bond donors (Lipinski definition) is 0. The molecule has 1 unspecified atom stereocenters. The average molecular weight is 460 g/mol. The van der Waals surface area contributed by atoms with Crippen LogP contribution in [0.15, 0.2) is 48.5 Å². The van der Waals surface area contributed by atoms with E-state index in [2.05, 4.69) is 43.9 Å². The zero-order chi connectivity index (χ0) is 22.0. The predicted molar refractivity (Wildman–Crippen MR) is 121 cm³/mol. The lowest BCUT2D eigenvalue weighted by Crippen LogP contribution is -2.62. The molecule has 3 aliphatic rings. The highest BCUT2D eigenvalue weighted by Gasteiger charge is 2.73. The van der Waals surface area contributed by atoms with Crippen molar-refractivity contribution in [2.75, 3.05) is 0 Å². The van der Waals surface area contributed by atoms with Crippen molar-refractivity contribution in [3.8, 4) is 0 Å². The molecule has 0 N–H and O–H groups in total. The quantitative estimate of drug-likeness (QED) is 0.502. The first-order valence-corrected chi connectivity index (χ1v) is 11.7. The van der Waals surface area contributed by atoms with Crippen molar-refractivity contribution in [3.05, 3.63) is 69.7 Å². The maximum Gasteiger partial charge on any atom is 0.310 e. The summed E-state index contributed by atoms with van der Waals surface area (Å²) in [6.45, 7) is 6.38. The van der Waals surface area contributed by atoms with Crippen LogP contribution in [-0.4, -0.2) is 28.9 Å². The molecule has 0 aliphatic carbocycles. The van der Waals surface area contributed by atoms with E-state index in [0.29, 0.717) is 16.5 Å². The van der Waals surface area contributed by atoms with Crippen LogP contribution in [0.4, 0.5) is 0 Å². The molecule has 3 fully saturated rings. The number of rotatable bonds is 3. The number of nitrogens with zero attached hydrogens (tertiary/aromatic N) is 1. The van der Waals surface area contributed by atoms with E-state index in [1.807, 2.05) is 30.3 Å². The SMILES string of the molecule is CC[C@H]1[C@H](C)OC23OC(=O)C[C@@]2(C)C[C@H](c2cccc(Cl)c2)[C@@H](c2ccc(Cl)cc2)N13. The smallest absolute Gasteiger partial charge is 0.310 e. The Morgan fingerprint density at radius 2 is 1.84 bits per heavy atom. The van der Waals surface area contributed by atoms with E-state index in [1.54, 1.807) is 0 Å². The van der Waals surface area contributed by atoms with Gasteiger partial charge in [0.15, 0.2) is 0 Å². The van der Waals surface area contributed by atoms with Crippen molar-refractivity contribution < 1.29 is 14.3 Å². The number of halogens is 2. The number of carbonyl (C=O) groups excluding carboxylic acids is 1. The van der Waals surface area contributed by atoms with Crippen LogP contribution < -0.4 is 0 Å². The Hall–Kier alpha value is -1.59. The summed E-state index contributed by atoms with van der Waals surface area (Å²) in [6.07, 6.45) is 1.94. The van der Waals surface area contributed by atoms with Gasteiger partial charge >= 0.3 is 5.97 Å². The zero-order valence-corrected chi connectivity index (χ0v) is 19.5. The number of benzene rings is 2. The summed E-state index contributed by atoms with van der Waals surface area (Å²) in [5.74, 6) is -1.13. The van der Waals surface area contributed by atoms with Crippen molar-refractivity contribution in [1.82, 2.24) is 4.90 Å². The molecule has 3 aliphatic heterocycles. The highest BCUT2D eigenvalue weighted by atomic mass is 35.5. The first-order chi connectivity index (χ1) is 14.8. The fourth-order valence-electron chi connectivity index (χ4n) is 6.11. The Kier molecular flexibility index (Phi) is 5.13. The Morgan fingerprint density at radius 1 is 1.10 bits per heavy atom. The molecular weight excluding hydrogens is 433 g/mol. The van der Waals surface area contributed by atoms with Gasteiger partial charge in [-0.05, 0) is 55.2 Å². The summed E-state index contributed by atoms with van der Waals surface area (Å²) in [5, 5.41) is 1.41. The van der Waals surface area contributed by atoms with E-state index in [1.165, 1.54) is 0 Å². The molecule has 0 bridgehead atoms. The lowest BCUT2D eigenvalue weighted by Gasteiger charge is -2.55. The van der Waals surface area contributed by atoms with Gasteiger partial charge in [0.1, 0.15) is 0 Å². The van der Waals surface area contributed by atoms with Crippen LogP contribution in [-0.2, 0) is 14.3 Å². The molecule has 0 amide bonds. The normalized spacial score (nSPS) is 37.4. The summed E-state index contributed by atoms with van der Waals surface area (Å²) < 4.78 is 12.6. The summed E-state index contributed by atoms with van der Waals surface area (Å²) in [5.41, 5.74) is 1.84. The molecule has 2 aromatic carbocycles. The molecule has 1 spiro atoms. The summed E-state index contributed by atoms with van der Waals surface area (Å²) >= 11 is 12.6. The van der Waals surface area contributed by atoms with Gasteiger partial charge in [0, 0.05) is 28.0 Å². The first kappa shape index (κ1) is 21.3. The van der Waals surface area contributed by atoms with Crippen LogP contribution in [0.3, 0.4) is 0 Å². The molecule has 2 aromatic rings. The van der Waals surface area contributed by atoms with Gasteiger partial charge in [0.25, 0.3) is 5.91 Å². The van der Waals surface area contributed by atoms with Crippen molar-refractivity contribution in [1.29, 1.82) is 0 Å². The first-order valence-electron chi connectivity index (χ1n) is 11.0.